The van der Waals surface area contributed by atoms with Crippen LogP contribution < -0.4 is 9.80 Å². The zero-order valence-corrected chi connectivity index (χ0v) is 21.6. The molecule has 1 aliphatic carbocycles. The number of pyridine rings is 1. The number of carbonyl (C=O) groups is 3. The standard InChI is InChI=1S/C22H28F3N3O5S2/c1-5-32-16(31)10-9-15(35-22(34)33-6-2)11-27(12(3)29)21-18(24)19(17(23)20(25)26-21)28(13(4)30)14-7-8-14/h14-15H,5-11H2,1-4H3. The van der Waals surface area contributed by atoms with Crippen LogP contribution in [-0.4, -0.2) is 58.2 Å². The molecule has 1 atom stereocenters. The van der Waals surface area contributed by atoms with Crippen molar-refractivity contribution in [3.63, 3.8) is 0 Å². The molecule has 1 aromatic rings. The highest BCUT2D eigenvalue weighted by molar-refractivity contribution is 8.23. The van der Waals surface area contributed by atoms with Gasteiger partial charge >= 0.3 is 5.97 Å². The Balaban J connectivity index is 2.44. The maximum Gasteiger partial charge on any atom is 0.305 e. The average Bonchev–Trinajstić information content (AvgIpc) is 3.60. The Morgan fingerprint density at radius 1 is 1.09 bits per heavy atom. The minimum Gasteiger partial charge on any atom is -0.479 e. The van der Waals surface area contributed by atoms with Crippen molar-refractivity contribution in [1.82, 2.24) is 4.98 Å². The maximum atomic E-state index is 15.6. The van der Waals surface area contributed by atoms with E-state index in [1.54, 1.807) is 13.8 Å². The molecule has 0 bridgehead atoms. The Morgan fingerprint density at radius 2 is 1.71 bits per heavy atom. The lowest BCUT2D eigenvalue weighted by Crippen LogP contribution is -2.39. The molecule has 0 aliphatic heterocycles. The number of anilines is 2. The number of nitrogens with zero attached hydrogens (tertiary/aromatic N) is 3. The first kappa shape index (κ1) is 28.8. The van der Waals surface area contributed by atoms with Gasteiger partial charge < -0.3 is 14.4 Å². The highest BCUT2D eigenvalue weighted by Crippen LogP contribution is 2.38. The number of halogens is 3. The fourth-order valence-corrected chi connectivity index (χ4v) is 4.81. The predicted molar refractivity (Wildman–Crippen MR) is 130 cm³/mol. The molecule has 0 spiro atoms. The van der Waals surface area contributed by atoms with Crippen LogP contribution in [-0.2, 0) is 23.9 Å². The lowest BCUT2D eigenvalue weighted by Gasteiger charge is -2.28. The van der Waals surface area contributed by atoms with Gasteiger partial charge in [0.2, 0.25) is 22.0 Å². The van der Waals surface area contributed by atoms with Gasteiger partial charge in [-0.15, -0.1) is 0 Å². The fourth-order valence-electron chi connectivity index (χ4n) is 3.37. The molecule has 0 radical (unpaired) electrons. The quantitative estimate of drug-likeness (QED) is 0.237. The number of esters is 1. The van der Waals surface area contributed by atoms with Gasteiger partial charge in [-0.3, -0.25) is 19.3 Å². The van der Waals surface area contributed by atoms with E-state index < -0.39 is 58.2 Å². The first-order valence-corrected chi connectivity index (χ1v) is 12.4. The van der Waals surface area contributed by atoms with Crippen molar-refractivity contribution in [3.8, 4) is 0 Å². The molecule has 1 unspecified atom stereocenters. The number of thioether (sulfide) groups is 1. The highest BCUT2D eigenvalue weighted by Gasteiger charge is 2.39. The van der Waals surface area contributed by atoms with E-state index in [1.807, 2.05) is 0 Å². The molecule has 194 valence electrons. The summed E-state index contributed by atoms with van der Waals surface area (Å²) in [6, 6.07) is -0.464. The Labute approximate surface area is 211 Å². The van der Waals surface area contributed by atoms with Gasteiger partial charge in [-0.25, -0.2) is 4.39 Å². The van der Waals surface area contributed by atoms with Gasteiger partial charge in [-0.1, -0.05) is 11.8 Å². The molecule has 1 aromatic heterocycles. The van der Waals surface area contributed by atoms with Gasteiger partial charge in [0.25, 0.3) is 5.95 Å². The van der Waals surface area contributed by atoms with E-state index in [0.29, 0.717) is 12.8 Å². The second-order valence-electron chi connectivity index (χ2n) is 7.72. The molecular formula is C22H28F3N3O5S2. The summed E-state index contributed by atoms with van der Waals surface area (Å²) in [6.07, 6.45) is 1.16. The summed E-state index contributed by atoms with van der Waals surface area (Å²) in [5.41, 5.74) is -0.880. The molecule has 13 heteroatoms. The normalized spacial score (nSPS) is 13.7. The number of aromatic nitrogens is 1. The number of rotatable bonds is 11. The van der Waals surface area contributed by atoms with Gasteiger partial charge in [0, 0.05) is 38.1 Å². The molecule has 0 aromatic carbocycles. The second-order valence-corrected chi connectivity index (χ2v) is 9.62. The van der Waals surface area contributed by atoms with Crippen molar-refractivity contribution >= 4 is 57.7 Å². The van der Waals surface area contributed by atoms with E-state index in [1.165, 1.54) is 0 Å². The van der Waals surface area contributed by atoms with Crippen LogP contribution in [0.2, 0.25) is 0 Å². The van der Waals surface area contributed by atoms with E-state index in [-0.39, 0.29) is 37.0 Å². The third-order valence-corrected chi connectivity index (χ3v) is 6.45. The van der Waals surface area contributed by atoms with Crippen LogP contribution in [0.4, 0.5) is 24.7 Å². The Hall–Kier alpha value is -2.41. The van der Waals surface area contributed by atoms with Gasteiger partial charge in [0.1, 0.15) is 5.69 Å². The molecule has 8 nitrogen and oxygen atoms in total. The first-order valence-electron chi connectivity index (χ1n) is 11.1. The molecule has 0 N–H and O–H groups in total. The van der Waals surface area contributed by atoms with Gasteiger partial charge in [-0.2, -0.15) is 13.8 Å². The highest BCUT2D eigenvalue weighted by atomic mass is 32.2. The first-order chi connectivity index (χ1) is 16.5. The Bertz CT molecular complexity index is 978. The SMILES string of the molecule is CCOC(=O)CCC(CN(C(C)=O)c1nc(F)c(F)c(N(C(C)=O)C2CC2)c1F)SC(=S)OCC. The van der Waals surface area contributed by atoms with Crippen LogP contribution in [0.3, 0.4) is 0 Å². The number of hydrogen-bond acceptors (Lipinski definition) is 8. The summed E-state index contributed by atoms with van der Waals surface area (Å²) in [5.74, 6) is -7.20. The predicted octanol–water partition coefficient (Wildman–Crippen LogP) is 4.13. The summed E-state index contributed by atoms with van der Waals surface area (Å²) in [5, 5.41) is -0.590. The summed E-state index contributed by atoms with van der Waals surface area (Å²) in [7, 11) is 0. The van der Waals surface area contributed by atoms with Crippen molar-refractivity contribution in [2.24, 2.45) is 0 Å². The minimum atomic E-state index is -1.64. The molecule has 2 rings (SSSR count). The minimum absolute atomic E-state index is 0.0231. The third kappa shape index (κ3) is 7.79. The summed E-state index contributed by atoms with van der Waals surface area (Å²) >= 11 is 6.19. The Morgan fingerprint density at radius 3 is 2.23 bits per heavy atom. The van der Waals surface area contributed by atoms with Crippen LogP contribution in [0.15, 0.2) is 0 Å². The smallest absolute Gasteiger partial charge is 0.305 e. The van der Waals surface area contributed by atoms with Crippen LogP contribution >= 0.6 is 24.0 Å². The molecule has 2 amide bonds. The molecular weight excluding hydrogens is 507 g/mol. The largest absolute Gasteiger partial charge is 0.479 e. The Kier molecular flexibility index (Phi) is 10.7. The van der Waals surface area contributed by atoms with Gasteiger partial charge in [0.15, 0.2) is 11.6 Å². The molecule has 1 aliphatic rings. The maximum absolute atomic E-state index is 15.6. The van der Waals surface area contributed by atoms with Crippen molar-refractivity contribution in [3.05, 3.63) is 17.6 Å². The van der Waals surface area contributed by atoms with Crippen molar-refractivity contribution in [1.29, 1.82) is 0 Å². The summed E-state index contributed by atoms with van der Waals surface area (Å²) < 4.78 is 55.1. The summed E-state index contributed by atoms with van der Waals surface area (Å²) in [4.78, 5) is 41.5. The molecule has 35 heavy (non-hydrogen) atoms. The fraction of sp³-hybridized carbons (Fsp3) is 0.591. The van der Waals surface area contributed by atoms with Gasteiger partial charge in [-0.05, 0) is 45.3 Å². The lowest BCUT2D eigenvalue weighted by atomic mass is 10.2. The van der Waals surface area contributed by atoms with E-state index >= 15 is 4.39 Å². The number of hydrogen-bond donors (Lipinski definition) is 0. The van der Waals surface area contributed by atoms with E-state index in [0.717, 1.165) is 35.4 Å². The molecule has 1 saturated carbocycles. The molecule has 1 fully saturated rings. The average molecular weight is 536 g/mol. The zero-order valence-electron chi connectivity index (χ0n) is 19.9. The molecule has 1 heterocycles. The van der Waals surface area contributed by atoms with Crippen LogP contribution in [0, 0.1) is 17.6 Å². The number of thiocarbonyl (C=S) groups is 1. The van der Waals surface area contributed by atoms with E-state index in [4.69, 9.17) is 21.7 Å². The number of carbonyl (C=O) groups excluding carboxylic acids is 3. The summed E-state index contributed by atoms with van der Waals surface area (Å²) in [6.45, 7) is 5.85. The monoisotopic (exact) mass is 535 g/mol. The van der Waals surface area contributed by atoms with Crippen molar-refractivity contribution in [2.75, 3.05) is 29.6 Å². The molecule has 0 saturated heterocycles. The third-order valence-electron chi connectivity index (χ3n) is 5.01. The second kappa shape index (κ2) is 13.1. The topological polar surface area (TPSA) is 89.0 Å². The number of amides is 2. The van der Waals surface area contributed by atoms with Crippen LogP contribution in [0.5, 0.6) is 0 Å². The number of ether oxygens (including phenoxy) is 2. The van der Waals surface area contributed by atoms with Crippen molar-refractivity contribution < 1.29 is 37.0 Å². The van der Waals surface area contributed by atoms with E-state index in [2.05, 4.69) is 4.98 Å². The van der Waals surface area contributed by atoms with Crippen LogP contribution in [0.1, 0.15) is 53.4 Å². The van der Waals surface area contributed by atoms with Crippen molar-refractivity contribution in [2.45, 2.75) is 64.7 Å². The van der Waals surface area contributed by atoms with Crippen LogP contribution in [0.25, 0.3) is 0 Å². The van der Waals surface area contributed by atoms with E-state index in [9.17, 15) is 23.2 Å². The lowest BCUT2D eigenvalue weighted by molar-refractivity contribution is -0.143. The zero-order chi connectivity index (χ0) is 26.3. The van der Waals surface area contributed by atoms with Gasteiger partial charge in [0.05, 0.1) is 13.2 Å².